The number of hydrogen-bond donors (Lipinski definition) is 0. The quantitative estimate of drug-likeness (QED) is 0.846. The first kappa shape index (κ1) is 16.6. The lowest BCUT2D eigenvalue weighted by molar-refractivity contribution is -0.129. The zero-order valence-corrected chi connectivity index (χ0v) is 15.2. The maximum atomic E-state index is 12.9. The van der Waals surface area contributed by atoms with Crippen LogP contribution in [0.5, 0.6) is 0 Å². The van der Waals surface area contributed by atoms with Crippen molar-refractivity contribution in [3.63, 3.8) is 0 Å². The summed E-state index contributed by atoms with van der Waals surface area (Å²) in [6, 6.07) is 7.60. The molecule has 25 heavy (non-hydrogen) atoms. The zero-order chi connectivity index (χ0) is 17.4. The van der Waals surface area contributed by atoms with Crippen LogP contribution < -0.4 is 0 Å². The van der Waals surface area contributed by atoms with Gasteiger partial charge in [0, 0.05) is 31.1 Å². The third-order valence-electron chi connectivity index (χ3n) is 5.96. The van der Waals surface area contributed by atoms with Gasteiger partial charge in [0.1, 0.15) is 12.2 Å². The topological polar surface area (TPSA) is 51.0 Å². The number of benzene rings is 1. The molecule has 1 aromatic heterocycles. The van der Waals surface area contributed by atoms with Crippen LogP contribution in [0.3, 0.4) is 0 Å². The van der Waals surface area contributed by atoms with Crippen molar-refractivity contribution < 1.29 is 4.79 Å². The predicted molar refractivity (Wildman–Crippen MR) is 96.4 cm³/mol. The number of nitrogens with zero attached hydrogens (tertiary/aromatic N) is 4. The van der Waals surface area contributed by atoms with Crippen LogP contribution in [0.25, 0.3) is 0 Å². The molecule has 5 nitrogen and oxygen atoms in total. The van der Waals surface area contributed by atoms with E-state index in [9.17, 15) is 4.79 Å². The fourth-order valence-corrected chi connectivity index (χ4v) is 4.83. The summed E-state index contributed by atoms with van der Waals surface area (Å²) in [6.07, 6.45) is 6.93. The summed E-state index contributed by atoms with van der Waals surface area (Å²) in [6.45, 7) is 1.56. The van der Waals surface area contributed by atoms with Crippen LogP contribution in [0.4, 0.5) is 0 Å². The fourth-order valence-electron chi connectivity index (χ4n) is 4.62. The summed E-state index contributed by atoms with van der Waals surface area (Å²) in [5.41, 5.74) is 1.06. The lowest BCUT2D eigenvalue weighted by atomic mass is 9.76. The molecule has 1 saturated heterocycles. The summed E-state index contributed by atoms with van der Waals surface area (Å²) < 4.78 is 2.01. The Labute approximate surface area is 153 Å². The molecular formula is C19H23ClN4O. The number of hydrogen-bond acceptors (Lipinski definition) is 3. The van der Waals surface area contributed by atoms with Crippen molar-refractivity contribution in [2.45, 2.75) is 38.0 Å². The van der Waals surface area contributed by atoms with E-state index in [4.69, 9.17) is 11.6 Å². The minimum absolute atomic E-state index is 0.157. The Bertz CT molecular complexity index is 781. The van der Waals surface area contributed by atoms with E-state index in [2.05, 4.69) is 10.2 Å². The minimum Gasteiger partial charge on any atom is -0.341 e. The Morgan fingerprint density at radius 1 is 1.32 bits per heavy atom. The van der Waals surface area contributed by atoms with Crippen molar-refractivity contribution in [2.24, 2.45) is 12.5 Å². The number of amides is 1. The Morgan fingerprint density at radius 2 is 2.08 bits per heavy atom. The molecule has 2 aliphatic rings. The SMILES string of the molecule is Cn1cnnc1C1CN(C(=O)Cc2ccccc2Cl)CC12CCCC2. The van der Waals surface area contributed by atoms with Gasteiger partial charge in [0.15, 0.2) is 0 Å². The summed E-state index contributed by atoms with van der Waals surface area (Å²) in [4.78, 5) is 15.0. The molecule has 0 bridgehead atoms. The van der Waals surface area contributed by atoms with E-state index in [1.807, 2.05) is 40.8 Å². The molecule has 2 fully saturated rings. The van der Waals surface area contributed by atoms with Crippen molar-refractivity contribution in [1.82, 2.24) is 19.7 Å². The third-order valence-corrected chi connectivity index (χ3v) is 6.33. The van der Waals surface area contributed by atoms with Crippen LogP contribution in [0, 0.1) is 5.41 Å². The molecule has 1 aliphatic carbocycles. The lowest BCUT2D eigenvalue weighted by Crippen LogP contribution is -2.32. The van der Waals surface area contributed by atoms with Crippen LogP contribution in [0.1, 0.15) is 43.0 Å². The molecule has 132 valence electrons. The monoisotopic (exact) mass is 358 g/mol. The van der Waals surface area contributed by atoms with E-state index < -0.39 is 0 Å². The van der Waals surface area contributed by atoms with E-state index in [-0.39, 0.29) is 17.2 Å². The first-order chi connectivity index (χ1) is 12.1. The molecule has 4 rings (SSSR count). The Hall–Kier alpha value is -1.88. The van der Waals surface area contributed by atoms with Crippen molar-refractivity contribution in [3.05, 3.63) is 47.0 Å². The second-order valence-electron chi connectivity index (χ2n) is 7.46. The molecule has 1 saturated carbocycles. The van der Waals surface area contributed by atoms with Crippen molar-refractivity contribution in [2.75, 3.05) is 13.1 Å². The summed E-state index contributed by atoms with van der Waals surface area (Å²) in [7, 11) is 1.99. The summed E-state index contributed by atoms with van der Waals surface area (Å²) >= 11 is 6.23. The number of likely N-dealkylation sites (tertiary alicyclic amines) is 1. The second-order valence-corrected chi connectivity index (χ2v) is 7.87. The number of carbonyl (C=O) groups excluding carboxylic acids is 1. The largest absolute Gasteiger partial charge is 0.341 e. The molecule has 0 N–H and O–H groups in total. The summed E-state index contributed by atoms with van der Waals surface area (Å²) in [5.74, 6) is 1.44. The standard InChI is InChI=1S/C19H23ClN4O/c1-23-13-21-22-18(23)15-11-24(12-19(15)8-4-5-9-19)17(25)10-14-6-2-3-7-16(14)20/h2-3,6-7,13,15H,4-5,8-12H2,1H3. The van der Waals surface area contributed by atoms with Crippen LogP contribution >= 0.6 is 11.6 Å². The molecule has 1 amide bonds. The van der Waals surface area contributed by atoms with Crippen LogP contribution in [0.2, 0.25) is 5.02 Å². The maximum absolute atomic E-state index is 12.9. The molecule has 6 heteroatoms. The van der Waals surface area contributed by atoms with Gasteiger partial charge in [-0.25, -0.2) is 0 Å². The van der Waals surface area contributed by atoms with Gasteiger partial charge in [-0.05, 0) is 29.9 Å². The molecule has 1 spiro atoms. The Kier molecular flexibility index (Phi) is 4.28. The first-order valence-corrected chi connectivity index (χ1v) is 9.32. The van der Waals surface area contributed by atoms with Gasteiger partial charge < -0.3 is 9.47 Å². The van der Waals surface area contributed by atoms with Crippen LogP contribution in [-0.4, -0.2) is 38.7 Å². The molecule has 1 unspecified atom stereocenters. The molecule has 1 aliphatic heterocycles. The van der Waals surface area contributed by atoms with Crippen molar-refractivity contribution in [3.8, 4) is 0 Å². The molecule has 0 radical (unpaired) electrons. The van der Waals surface area contributed by atoms with Gasteiger partial charge in [-0.2, -0.15) is 0 Å². The van der Waals surface area contributed by atoms with Crippen LogP contribution in [-0.2, 0) is 18.3 Å². The van der Waals surface area contributed by atoms with Crippen molar-refractivity contribution in [1.29, 1.82) is 0 Å². The minimum atomic E-state index is 0.157. The van der Waals surface area contributed by atoms with Crippen molar-refractivity contribution >= 4 is 17.5 Å². The number of aryl methyl sites for hydroxylation is 1. The maximum Gasteiger partial charge on any atom is 0.227 e. The van der Waals surface area contributed by atoms with E-state index in [1.165, 1.54) is 25.7 Å². The van der Waals surface area contributed by atoms with E-state index in [0.717, 1.165) is 24.5 Å². The molecule has 1 aromatic carbocycles. The molecule has 2 aromatic rings. The van der Waals surface area contributed by atoms with E-state index >= 15 is 0 Å². The molecule has 1 atom stereocenters. The number of carbonyl (C=O) groups is 1. The average molecular weight is 359 g/mol. The average Bonchev–Trinajstić information content (AvgIpc) is 3.31. The Morgan fingerprint density at radius 3 is 2.76 bits per heavy atom. The van der Waals surface area contributed by atoms with Gasteiger partial charge in [0.2, 0.25) is 5.91 Å². The number of aromatic nitrogens is 3. The first-order valence-electron chi connectivity index (χ1n) is 8.94. The van der Waals surface area contributed by atoms with E-state index in [1.54, 1.807) is 6.33 Å². The van der Waals surface area contributed by atoms with Gasteiger partial charge in [0.25, 0.3) is 0 Å². The van der Waals surface area contributed by atoms with E-state index in [0.29, 0.717) is 11.4 Å². The third kappa shape index (κ3) is 2.95. The molecular weight excluding hydrogens is 336 g/mol. The Balaban J connectivity index is 1.57. The highest BCUT2D eigenvalue weighted by Crippen LogP contribution is 2.52. The van der Waals surface area contributed by atoms with Gasteiger partial charge >= 0.3 is 0 Å². The molecule has 2 heterocycles. The zero-order valence-electron chi connectivity index (χ0n) is 14.5. The van der Waals surface area contributed by atoms with Crippen LogP contribution in [0.15, 0.2) is 30.6 Å². The highest BCUT2D eigenvalue weighted by molar-refractivity contribution is 6.31. The highest BCUT2D eigenvalue weighted by atomic mass is 35.5. The lowest BCUT2D eigenvalue weighted by Gasteiger charge is -2.28. The predicted octanol–water partition coefficient (Wildman–Crippen LogP) is 3.20. The fraction of sp³-hybridized carbons (Fsp3) is 0.526. The number of halogens is 1. The van der Waals surface area contributed by atoms with Gasteiger partial charge in [-0.3, -0.25) is 4.79 Å². The number of rotatable bonds is 3. The van der Waals surface area contributed by atoms with Gasteiger partial charge in [0.05, 0.1) is 6.42 Å². The van der Waals surface area contributed by atoms with Gasteiger partial charge in [-0.15, -0.1) is 10.2 Å². The second kappa shape index (κ2) is 6.45. The smallest absolute Gasteiger partial charge is 0.227 e. The normalized spacial score (nSPS) is 22.0. The summed E-state index contributed by atoms with van der Waals surface area (Å²) in [5, 5.41) is 9.09. The highest BCUT2D eigenvalue weighted by Gasteiger charge is 2.51. The van der Waals surface area contributed by atoms with Gasteiger partial charge in [-0.1, -0.05) is 42.6 Å².